The molecule has 126 valence electrons. The number of nitrogens with zero attached hydrogens (tertiary/aromatic N) is 2. The smallest absolute Gasteiger partial charge is 0.272 e. The summed E-state index contributed by atoms with van der Waals surface area (Å²) in [7, 11) is 0. The van der Waals surface area contributed by atoms with Gasteiger partial charge in [-0.05, 0) is 58.3 Å². The number of hydrogen-bond donors (Lipinski definition) is 1. The van der Waals surface area contributed by atoms with E-state index in [1.165, 1.54) is 17.7 Å². The summed E-state index contributed by atoms with van der Waals surface area (Å²) in [5, 5.41) is 7.85. The molecular formula is C18H27N3O2. The molecule has 1 amide bonds. The minimum atomic E-state index is -0.0686. The van der Waals surface area contributed by atoms with Crippen LogP contribution in [-0.2, 0) is 16.7 Å². The quantitative estimate of drug-likeness (QED) is 0.931. The van der Waals surface area contributed by atoms with Gasteiger partial charge < -0.3 is 10.1 Å². The fourth-order valence-electron chi connectivity index (χ4n) is 4.08. The Morgan fingerprint density at radius 2 is 2.09 bits per heavy atom. The SMILES string of the molecule is CC(C)(C)n1nc(C(=O)NCC2CCOCC2)c2c1[C@@H]1C[C@@H]1C2. The van der Waals surface area contributed by atoms with E-state index in [1.54, 1.807) is 0 Å². The fraction of sp³-hybridized carbons (Fsp3) is 0.778. The molecular weight excluding hydrogens is 290 g/mol. The number of hydrogen-bond acceptors (Lipinski definition) is 3. The van der Waals surface area contributed by atoms with Crippen molar-refractivity contribution in [2.24, 2.45) is 11.8 Å². The minimum absolute atomic E-state index is 0.0111. The van der Waals surface area contributed by atoms with Crippen LogP contribution >= 0.6 is 0 Å². The largest absolute Gasteiger partial charge is 0.381 e. The van der Waals surface area contributed by atoms with E-state index in [1.807, 2.05) is 0 Å². The number of nitrogens with one attached hydrogen (secondary N) is 1. The summed E-state index contributed by atoms with van der Waals surface area (Å²) in [6.45, 7) is 8.88. The maximum atomic E-state index is 12.7. The molecule has 2 heterocycles. The Balaban J connectivity index is 1.52. The summed E-state index contributed by atoms with van der Waals surface area (Å²) < 4.78 is 7.50. The summed E-state index contributed by atoms with van der Waals surface area (Å²) in [6.07, 6.45) is 4.39. The van der Waals surface area contributed by atoms with Gasteiger partial charge in [0.15, 0.2) is 5.69 Å². The Labute approximate surface area is 137 Å². The highest BCUT2D eigenvalue weighted by Crippen LogP contribution is 2.57. The normalized spacial score (nSPS) is 26.7. The number of aromatic nitrogens is 2. The highest BCUT2D eigenvalue weighted by atomic mass is 16.5. The van der Waals surface area contributed by atoms with E-state index < -0.39 is 0 Å². The summed E-state index contributed by atoms with van der Waals surface area (Å²) in [5.41, 5.74) is 3.15. The van der Waals surface area contributed by atoms with Gasteiger partial charge in [0.1, 0.15) is 0 Å². The second-order valence-electron chi connectivity index (χ2n) is 8.37. The molecule has 2 atom stereocenters. The van der Waals surface area contributed by atoms with Crippen molar-refractivity contribution in [3.8, 4) is 0 Å². The highest BCUT2D eigenvalue weighted by Gasteiger charge is 2.50. The van der Waals surface area contributed by atoms with Crippen molar-refractivity contribution in [1.82, 2.24) is 15.1 Å². The maximum Gasteiger partial charge on any atom is 0.272 e. The average molecular weight is 317 g/mol. The fourth-order valence-corrected chi connectivity index (χ4v) is 4.08. The Morgan fingerprint density at radius 1 is 1.35 bits per heavy atom. The van der Waals surface area contributed by atoms with Gasteiger partial charge in [0.25, 0.3) is 5.91 Å². The van der Waals surface area contributed by atoms with Crippen molar-refractivity contribution in [3.63, 3.8) is 0 Å². The molecule has 1 aliphatic heterocycles. The molecule has 1 saturated heterocycles. The second-order valence-corrected chi connectivity index (χ2v) is 8.37. The van der Waals surface area contributed by atoms with Crippen LogP contribution < -0.4 is 5.32 Å². The third-order valence-electron chi connectivity index (χ3n) is 5.51. The molecule has 1 saturated carbocycles. The molecule has 5 heteroatoms. The van der Waals surface area contributed by atoms with Gasteiger partial charge in [-0.15, -0.1) is 0 Å². The van der Waals surface area contributed by atoms with E-state index in [2.05, 4.69) is 30.8 Å². The van der Waals surface area contributed by atoms with E-state index in [4.69, 9.17) is 9.84 Å². The van der Waals surface area contributed by atoms with Gasteiger partial charge >= 0.3 is 0 Å². The first-order valence-electron chi connectivity index (χ1n) is 8.93. The lowest BCUT2D eigenvalue weighted by Gasteiger charge is -2.22. The maximum absolute atomic E-state index is 12.7. The zero-order valence-electron chi connectivity index (χ0n) is 14.4. The van der Waals surface area contributed by atoms with Gasteiger partial charge in [0.05, 0.1) is 5.54 Å². The molecule has 1 aromatic rings. The zero-order chi connectivity index (χ0) is 16.2. The van der Waals surface area contributed by atoms with Crippen LogP contribution in [0.3, 0.4) is 0 Å². The first-order valence-corrected chi connectivity index (χ1v) is 8.93. The Morgan fingerprint density at radius 3 is 2.78 bits per heavy atom. The summed E-state index contributed by atoms with van der Waals surface area (Å²) >= 11 is 0. The van der Waals surface area contributed by atoms with Crippen molar-refractivity contribution in [1.29, 1.82) is 0 Å². The third-order valence-corrected chi connectivity index (χ3v) is 5.51. The topological polar surface area (TPSA) is 56.2 Å². The molecule has 0 bridgehead atoms. The van der Waals surface area contributed by atoms with Gasteiger partial charge in [-0.2, -0.15) is 5.10 Å². The van der Waals surface area contributed by atoms with Crippen LogP contribution in [0.1, 0.15) is 67.7 Å². The van der Waals surface area contributed by atoms with Crippen LogP contribution in [0.25, 0.3) is 0 Å². The lowest BCUT2D eigenvalue weighted by atomic mass is 10.0. The zero-order valence-corrected chi connectivity index (χ0v) is 14.4. The van der Waals surface area contributed by atoms with Crippen LogP contribution in [0.5, 0.6) is 0 Å². The number of amides is 1. The predicted octanol–water partition coefficient (Wildman–Crippen LogP) is 2.45. The molecule has 0 unspecified atom stereocenters. The van der Waals surface area contributed by atoms with Gasteiger partial charge in [-0.3, -0.25) is 9.48 Å². The molecule has 1 aromatic heterocycles. The molecule has 1 N–H and O–H groups in total. The van der Waals surface area contributed by atoms with Gasteiger partial charge in [-0.1, -0.05) is 0 Å². The van der Waals surface area contributed by atoms with Crippen LogP contribution in [0.2, 0.25) is 0 Å². The summed E-state index contributed by atoms with van der Waals surface area (Å²) in [5.74, 6) is 1.96. The molecule has 23 heavy (non-hydrogen) atoms. The third kappa shape index (κ3) is 2.69. The molecule has 3 aliphatic rings. The summed E-state index contributed by atoms with van der Waals surface area (Å²) in [6, 6.07) is 0. The Hall–Kier alpha value is -1.36. The number of carbonyl (C=O) groups is 1. The Bertz CT molecular complexity index is 623. The van der Waals surface area contributed by atoms with Crippen LogP contribution in [0.15, 0.2) is 0 Å². The monoisotopic (exact) mass is 317 g/mol. The number of rotatable bonds is 3. The lowest BCUT2D eigenvalue weighted by Crippen LogP contribution is -2.33. The van der Waals surface area contributed by atoms with E-state index in [0.29, 0.717) is 17.5 Å². The Kier molecular flexibility index (Phi) is 3.52. The van der Waals surface area contributed by atoms with Gasteiger partial charge in [-0.25, -0.2) is 0 Å². The lowest BCUT2D eigenvalue weighted by molar-refractivity contribution is 0.0641. The van der Waals surface area contributed by atoms with Gasteiger partial charge in [0, 0.05) is 36.9 Å². The first kappa shape index (κ1) is 15.2. The molecule has 4 rings (SSSR count). The molecule has 2 fully saturated rings. The van der Waals surface area contributed by atoms with Crippen molar-refractivity contribution in [2.75, 3.05) is 19.8 Å². The number of ether oxygens (including phenoxy) is 1. The van der Waals surface area contributed by atoms with E-state index in [0.717, 1.165) is 44.9 Å². The van der Waals surface area contributed by atoms with Crippen LogP contribution in [-0.4, -0.2) is 35.4 Å². The molecule has 0 radical (unpaired) electrons. The van der Waals surface area contributed by atoms with Crippen molar-refractivity contribution in [3.05, 3.63) is 17.0 Å². The molecule has 0 spiro atoms. The van der Waals surface area contributed by atoms with E-state index in [9.17, 15) is 4.79 Å². The van der Waals surface area contributed by atoms with E-state index in [-0.39, 0.29) is 11.4 Å². The van der Waals surface area contributed by atoms with E-state index >= 15 is 0 Å². The van der Waals surface area contributed by atoms with Crippen LogP contribution in [0, 0.1) is 11.8 Å². The number of carbonyl (C=O) groups excluding carboxylic acids is 1. The van der Waals surface area contributed by atoms with Gasteiger partial charge in [0.2, 0.25) is 0 Å². The molecule has 5 nitrogen and oxygen atoms in total. The molecule has 0 aromatic carbocycles. The first-order chi connectivity index (χ1) is 10.9. The predicted molar refractivity (Wildman–Crippen MR) is 87.7 cm³/mol. The van der Waals surface area contributed by atoms with Crippen molar-refractivity contribution < 1.29 is 9.53 Å². The summed E-state index contributed by atoms with van der Waals surface area (Å²) in [4.78, 5) is 12.7. The van der Waals surface area contributed by atoms with Crippen molar-refractivity contribution >= 4 is 5.91 Å². The highest BCUT2D eigenvalue weighted by molar-refractivity contribution is 5.94. The average Bonchev–Trinajstić information content (AvgIpc) is 3.01. The van der Waals surface area contributed by atoms with Crippen LogP contribution in [0.4, 0.5) is 0 Å². The second kappa shape index (κ2) is 5.33. The number of fused-ring (bicyclic) bond motifs is 3. The van der Waals surface area contributed by atoms with Crippen molar-refractivity contribution in [2.45, 2.75) is 57.9 Å². The molecule has 2 aliphatic carbocycles. The minimum Gasteiger partial charge on any atom is -0.381 e. The standard InChI is InChI=1S/C18H27N3O2/c1-18(2,3)21-16-13-8-12(13)9-14(16)15(20-21)17(22)19-10-11-4-6-23-7-5-11/h11-13H,4-10H2,1-3H3,(H,19,22)/t12-,13-/m1/s1.